The molecule has 0 spiro atoms. The van der Waals surface area contributed by atoms with Crippen molar-refractivity contribution in [1.29, 1.82) is 0 Å². The first-order valence-electron chi connectivity index (χ1n) is 6.27. The summed E-state index contributed by atoms with van der Waals surface area (Å²) in [5.74, 6) is -1.48. The summed E-state index contributed by atoms with van der Waals surface area (Å²) in [7, 11) is 0. The van der Waals surface area contributed by atoms with E-state index in [0.29, 0.717) is 16.5 Å². The Bertz CT molecular complexity index is 503. The number of carbonyl (C=O) groups excluding carboxylic acids is 1. The van der Waals surface area contributed by atoms with E-state index in [4.69, 9.17) is 28.3 Å². The lowest BCUT2D eigenvalue weighted by Gasteiger charge is -2.17. The second-order valence-electron chi connectivity index (χ2n) is 4.88. The van der Waals surface area contributed by atoms with Gasteiger partial charge in [-0.05, 0) is 30.0 Å². The minimum atomic E-state index is -1.03. The van der Waals surface area contributed by atoms with Crippen LogP contribution in [0, 0.1) is 5.92 Å². The van der Waals surface area contributed by atoms with Crippen LogP contribution in [0.5, 0.6) is 0 Å². The van der Waals surface area contributed by atoms with Crippen LogP contribution in [0.15, 0.2) is 18.2 Å². The number of carboxylic acid groups (broad SMARTS) is 1. The first kappa shape index (κ1) is 16.8. The molecule has 4 nitrogen and oxygen atoms in total. The van der Waals surface area contributed by atoms with Crippen LogP contribution in [0.3, 0.4) is 0 Å². The number of hydrogen-bond donors (Lipinski definition) is 2. The van der Waals surface area contributed by atoms with E-state index >= 15 is 0 Å². The van der Waals surface area contributed by atoms with Gasteiger partial charge in [0, 0.05) is 6.42 Å². The minimum absolute atomic E-state index is 0.165. The van der Waals surface area contributed by atoms with Gasteiger partial charge in [-0.25, -0.2) is 4.79 Å². The summed E-state index contributed by atoms with van der Waals surface area (Å²) in [6.07, 6.45) is 0.682. The summed E-state index contributed by atoms with van der Waals surface area (Å²) < 4.78 is 0. The summed E-state index contributed by atoms with van der Waals surface area (Å²) in [6, 6.07) is 4.30. The van der Waals surface area contributed by atoms with Gasteiger partial charge in [-0.1, -0.05) is 43.1 Å². The van der Waals surface area contributed by atoms with Gasteiger partial charge in [0.05, 0.1) is 10.0 Å². The topological polar surface area (TPSA) is 66.4 Å². The smallest absolute Gasteiger partial charge is 0.326 e. The van der Waals surface area contributed by atoms with Gasteiger partial charge in [-0.3, -0.25) is 4.79 Å². The summed E-state index contributed by atoms with van der Waals surface area (Å²) in [4.78, 5) is 22.7. The molecule has 0 radical (unpaired) electrons. The normalized spacial score (nSPS) is 12.2. The minimum Gasteiger partial charge on any atom is -0.480 e. The number of benzene rings is 1. The van der Waals surface area contributed by atoms with Crippen molar-refractivity contribution < 1.29 is 14.7 Å². The van der Waals surface area contributed by atoms with Crippen LogP contribution < -0.4 is 5.32 Å². The Morgan fingerprint density at radius 3 is 2.40 bits per heavy atom. The van der Waals surface area contributed by atoms with Crippen molar-refractivity contribution in [3.05, 3.63) is 33.8 Å². The van der Waals surface area contributed by atoms with Gasteiger partial charge in [0.25, 0.3) is 0 Å². The summed E-state index contributed by atoms with van der Waals surface area (Å²) in [5, 5.41) is 12.4. The van der Waals surface area contributed by atoms with Crippen LogP contribution in [-0.2, 0) is 16.0 Å². The highest BCUT2D eigenvalue weighted by Crippen LogP contribution is 2.23. The number of nitrogens with one attached hydrogen (secondary N) is 1. The fraction of sp³-hybridized carbons (Fsp3) is 0.429. The lowest BCUT2D eigenvalue weighted by Crippen LogP contribution is -2.44. The number of carbonyl (C=O) groups is 2. The largest absolute Gasteiger partial charge is 0.480 e. The van der Waals surface area contributed by atoms with E-state index in [-0.39, 0.29) is 18.2 Å². The summed E-state index contributed by atoms with van der Waals surface area (Å²) >= 11 is 11.7. The molecule has 0 bridgehead atoms. The second kappa shape index (κ2) is 7.50. The molecule has 0 saturated carbocycles. The first-order chi connectivity index (χ1) is 9.31. The molecule has 1 atom stereocenters. The Kier molecular flexibility index (Phi) is 6.30. The van der Waals surface area contributed by atoms with Crippen LogP contribution in [0.25, 0.3) is 0 Å². The Balaban J connectivity index is 2.54. The maximum absolute atomic E-state index is 11.8. The van der Waals surface area contributed by atoms with Gasteiger partial charge in [-0.2, -0.15) is 0 Å². The van der Waals surface area contributed by atoms with E-state index in [2.05, 4.69) is 5.32 Å². The number of amides is 1. The van der Waals surface area contributed by atoms with Crippen LogP contribution >= 0.6 is 23.2 Å². The van der Waals surface area contributed by atoms with Crippen molar-refractivity contribution in [1.82, 2.24) is 5.32 Å². The van der Waals surface area contributed by atoms with E-state index in [1.807, 2.05) is 0 Å². The van der Waals surface area contributed by atoms with E-state index in [0.717, 1.165) is 5.56 Å². The Hall–Kier alpha value is -1.26. The fourth-order valence-corrected chi connectivity index (χ4v) is 2.03. The molecule has 1 aromatic carbocycles. The van der Waals surface area contributed by atoms with Crippen molar-refractivity contribution in [2.45, 2.75) is 32.7 Å². The molecule has 0 aromatic heterocycles. The van der Waals surface area contributed by atoms with Gasteiger partial charge < -0.3 is 10.4 Å². The standard InChI is InChI=1S/C14H17Cl2NO3/c1-8(2)13(14(19)20)17-12(18)6-4-9-3-5-10(15)11(16)7-9/h3,5,7-8,13H,4,6H2,1-2H3,(H,17,18)(H,19,20). The molecule has 1 aromatic rings. The molecule has 2 N–H and O–H groups in total. The van der Waals surface area contributed by atoms with E-state index in [1.165, 1.54) is 0 Å². The molecule has 1 amide bonds. The van der Waals surface area contributed by atoms with E-state index in [1.54, 1.807) is 32.0 Å². The SMILES string of the molecule is CC(C)C(NC(=O)CCc1ccc(Cl)c(Cl)c1)C(=O)O. The number of rotatable bonds is 6. The molecular weight excluding hydrogens is 301 g/mol. The van der Waals surface area contributed by atoms with Gasteiger partial charge in [0.15, 0.2) is 0 Å². The Morgan fingerprint density at radius 2 is 1.90 bits per heavy atom. The van der Waals surface area contributed by atoms with Crippen molar-refractivity contribution in [2.75, 3.05) is 0 Å². The zero-order chi connectivity index (χ0) is 15.3. The molecule has 1 rings (SSSR count). The molecule has 1 unspecified atom stereocenters. The molecule has 20 heavy (non-hydrogen) atoms. The van der Waals surface area contributed by atoms with Crippen LogP contribution in [0.2, 0.25) is 10.0 Å². The van der Waals surface area contributed by atoms with E-state index in [9.17, 15) is 9.59 Å². The third kappa shape index (κ3) is 5.02. The molecule has 0 aliphatic rings. The highest BCUT2D eigenvalue weighted by atomic mass is 35.5. The quantitative estimate of drug-likeness (QED) is 0.847. The molecule has 0 aliphatic heterocycles. The van der Waals surface area contributed by atoms with Crippen molar-refractivity contribution in [3.63, 3.8) is 0 Å². The van der Waals surface area contributed by atoms with Crippen LogP contribution in [0.1, 0.15) is 25.8 Å². The van der Waals surface area contributed by atoms with Crippen molar-refractivity contribution in [3.8, 4) is 0 Å². The third-order valence-corrected chi connectivity index (χ3v) is 3.61. The third-order valence-electron chi connectivity index (χ3n) is 2.87. The number of hydrogen-bond acceptors (Lipinski definition) is 2. The van der Waals surface area contributed by atoms with Crippen molar-refractivity contribution >= 4 is 35.1 Å². The molecule has 0 fully saturated rings. The fourth-order valence-electron chi connectivity index (χ4n) is 1.71. The predicted octanol–water partition coefficient (Wildman–Crippen LogP) is 3.15. The number of aryl methyl sites for hydroxylation is 1. The molecule has 110 valence electrons. The monoisotopic (exact) mass is 317 g/mol. The molecule has 0 saturated heterocycles. The average Bonchev–Trinajstić information content (AvgIpc) is 2.36. The van der Waals surface area contributed by atoms with E-state index < -0.39 is 12.0 Å². The van der Waals surface area contributed by atoms with Gasteiger partial charge in [-0.15, -0.1) is 0 Å². The molecule has 0 aliphatic carbocycles. The molecule has 6 heteroatoms. The van der Waals surface area contributed by atoms with Crippen molar-refractivity contribution in [2.24, 2.45) is 5.92 Å². The highest BCUT2D eigenvalue weighted by molar-refractivity contribution is 6.42. The molecule has 0 heterocycles. The summed E-state index contributed by atoms with van der Waals surface area (Å²) in [6.45, 7) is 3.50. The maximum Gasteiger partial charge on any atom is 0.326 e. The zero-order valence-electron chi connectivity index (χ0n) is 11.3. The van der Waals surface area contributed by atoms with Gasteiger partial charge >= 0.3 is 5.97 Å². The Morgan fingerprint density at radius 1 is 1.25 bits per heavy atom. The van der Waals surface area contributed by atoms with Gasteiger partial charge in [0.1, 0.15) is 6.04 Å². The lowest BCUT2D eigenvalue weighted by molar-refractivity contribution is -0.143. The maximum atomic E-state index is 11.8. The number of carboxylic acids is 1. The van der Waals surface area contributed by atoms with Gasteiger partial charge in [0.2, 0.25) is 5.91 Å². The average molecular weight is 318 g/mol. The lowest BCUT2D eigenvalue weighted by atomic mass is 10.0. The number of halogens is 2. The Labute approximate surface area is 128 Å². The molecular formula is C14H17Cl2NO3. The number of aliphatic carboxylic acids is 1. The predicted molar refractivity (Wildman–Crippen MR) is 79.2 cm³/mol. The summed E-state index contributed by atoms with van der Waals surface area (Å²) in [5.41, 5.74) is 0.881. The highest BCUT2D eigenvalue weighted by Gasteiger charge is 2.23. The first-order valence-corrected chi connectivity index (χ1v) is 7.03. The van der Waals surface area contributed by atoms with Crippen LogP contribution in [0.4, 0.5) is 0 Å². The second-order valence-corrected chi connectivity index (χ2v) is 5.69. The van der Waals surface area contributed by atoms with Crippen LogP contribution in [-0.4, -0.2) is 23.0 Å². The zero-order valence-corrected chi connectivity index (χ0v) is 12.8.